The van der Waals surface area contributed by atoms with Crippen molar-refractivity contribution in [2.75, 3.05) is 0 Å². The van der Waals surface area contributed by atoms with Crippen LogP contribution in [0.15, 0.2) is 46.9 Å². The maximum Gasteiger partial charge on any atom is 0.256 e. The third kappa shape index (κ3) is 3.57. The lowest BCUT2D eigenvalue weighted by Gasteiger charge is -2.03. The van der Waals surface area contributed by atoms with Gasteiger partial charge in [0.05, 0.1) is 10.7 Å². The number of thiazole rings is 1. The highest BCUT2D eigenvalue weighted by atomic mass is 32.2. The Balaban J connectivity index is 1.47. The van der Waals surface area contributed by atoms with Gasteiger partial charge in [0.1, 0.15) is 0 Å². The molecule has 5 nitrogen and oxygen atoms in total. The summed E-state index contributed by atoms with van der Waals surface area (Å²) in [4.78, 5) is 9.17. The van der Waals surface area contributed by atoms with Crippen molar-refractivity contribution in [1.82, 2.24) is 24.6 Å². The molecule has 0 unspecified atom stereocenters. The zero-order valence-corrected chi connectivity index (χ0v) is 15.6. The molecule has 0 N–H and O–H groups in total. The number of aryl methyl sites for hydroxylation is 2. The predicted octanol–water partition coefficient (Wildman–Crippen LogP) is 4.08. The summed E-state index contributed by atoms with van der Waals surface area (Å²) in [5, 5.41) is 12.6. The van der Waals surface area contributed by atoms with Crippen LogP contribution in [0.1, 0.15) is 27.7 Å². The minimum atomic E-state index is 0.656. The normalized spacial score (nSPS) is 11.3. The van der Waals surface area contributed by atoms with E-state index in [1.807, 2.05) is 23.5 Å². The van der Waals surface area contributed by atoms with Crippen LogP contribution in [-0.2, 0) is 12.2 Å². The number of rotatable bonds is 5. The second-order valence-electron chi connectivity index (χ2n) is 5.84. The number of fused-ring (bicyclic) bond motifs is 1. The average molecular weight is 368 g/mol. The Kier molecular flexibility index (Phi) is 4.50. The van der Waals surface area contributed by atoms with Crippen LogP contribution < -0.4 is 0 Å². The van der Waals surface area contributed by atoms with Crippen molar-refractivity contribution < 1.29 is 0 Å². The molecule has 0 bridgehead atoms. The fraction of sp³-hybridized carbons (Fsp3) is 0.222. The van der Waals surface area contributed by atoms with Gasteiger partial charge in [-0.05, 0) is 25.5 Å². The molecule has 0 aliphatic rings. The van der Waals surface area contributed by atoms with Crippen molar-refractivity contribution in [3.63, 3.8) is 0 Å². The van der Waals surface area contributed by atoms with Crippen LogP contribution in [0.5, 0.6) is 0 Å². The van der Waals surface area contributed by atoms with E-state index in [0.29, 0.717) is 5.78 Å². The molecule has 0 aliphatic carbocycles. The molecule has 0 amide bonds. The average Bonchev–Trinajstić information content (AvgIpc) is 3.20. The lowest BCUT2D eigenvalue weighted by Crippen LogP contribution is -1.97. The van der Waals surface area contributed by atoms with Gasteiger partial charge < -0.3 is 0 Å². The van der Waals surface area contributed by atoms with Gasteiger partial charge in [0, 0.05) is 28.9 Å². The zero-order valence-electron chi connectivity index (χ0n) is 14.0. The lowest BCUT2D eigenvalue weighted by atomic mass is 10.2. The van der Waals surface area contributed by atoms with E-state index in [-0.39, 0.29) is 0 Å². The summed E-state index contributed by atoms with van der Waals surface area (Å²) in [6.07, 6.45) is 0.881. The smallest absolute Gasteiger partial charge is 0.256 e. The Morgan fingerprint density at radius 3 is 2.76 bits per heavy atom. The van der Waals surface area contributed by atoms with Crippen molar-refractivity contribution in [3.8, 4) is 0 Å². The molecule has 3 heterocycles. The molecule has 1 aromatic carbocycles. The highest BCUT2D eigenvalue weighted by molar-refractivity contribution is 7.98. The van der Waals surface area contributed by atoms with E-state index in [2.05, 4.69) is 51.8 Å². The molecule has 4 aromatic rings. The molecule has 0 radical (unpaired) electrons. The molecule has 126 valence electrons. The van der Waals surface area contributed by atoms with E-state index in [1.165, 1.54) is 5.56 Å². The Hall–Kier alpha value is -2.25. The van der Waals surface area contributed by atoms with Crippen molar-refractivity contribution in [1.29, 1.82) is 0 Å². The van der Waals surface area contributed by atoms with Crippen LogP contribution >= 0.6 is 23.1 Å². The Bertz CT molecular complexity index is 1010. The van der Waals surface area contributed by atoms with Crippen LogP contribution in [0.4, 0.5) is 0 Å². The van der Waals surface area contributed by atoms with Crippen molar-refractivity contribution in [3.05, 3.63) is 69.4 Å². The van der Waals surface area contributed by atoms with Gasteiger partial charge >= 0.3 is 0 Å². The highest BCUT2D eigenvalue weighted by Gasteiger charge is 2.11. The minimum Gasteiger partial charge on any atom is -0.259 e. The monoisotopic (exact) mass is 367 g/mol. The summed E-state index contributed by atoms with van der Waals surface area (Å²) in [5.74, 6) is 1.43. The summed E-state index contributed by atoms with van der Waals surface area (Å²) in [7, 11) is 0. The van der Waals surface area contributed by atoms with E-state index in [0.717, 1.165) is 39.4 Å². The summed E-state index contributed by atoms with van der Waals surface area (Å²) in [6.45, 7) is 4.02. The number of hydrogen-bond acceptors (Lipinski definition) is 6. The number of benzene rings is 1. The number of aromatic nitrogens is 5. The number of hydrogen-bond donors (Lipinski definition) is 0. The fourth-order valence-corrected chi connectivity index (χ4v) is 4.51. The van der Waals surface area contributed by atoms with Gasteiger partial charge in [0.15, 0.2) is 5.16 Å². The van der Waals surface area contributed by atoms with Crippen molar-refractivity contribution >= 4 is 28.9 Å². The van der Waals surface area contributed by atoms with Crippen LogP contribution in [0.3, 0.4) is 0 Å². The molecule has 0 saturated heterocycles. The first-order valence-corrected chi connectivity index (χ1v) is 9.85. The molecular weight excluding hydrogens is 350 g/mol. The molecular formula is C18H17N5S2. The number of nitrogens with zero attached hydrogens (tertiary/aromatic N) is 5. The Morgan fingerprint density at radius 1 is 1.08 bits per heavy atom. The first-order valence-electron chi connectivity index (χ1n) is 7.98. The standard InChI is InChI=1S/C18H17N5S2/c1-12-8-13(2)23-17(19-12)21-22-18(23)25-11-15-10-24-16(20-15)9-14-6-4-3-5-7-14/h3-8,10H,9,11H2,1-2H3. The molecule has 0 spiro atoms. The van der Waals surface area contributed by atoms with Crippen LogP contribution in [-0.4, -0.2) is 24.6 Å². The van der Waals surface area contributed by atoms with E-state index >= 15 is 0 Å². The maximum atomic E-state index is 4.75. The molecule has 3 aromatic heterocycles. The third-order valence-corrected chi connectivity index (χ3v) is 5.67. The van der Waals surface area contributed by atoms with Gasteiger partial charge in [-0.25, -0.2) is 9.97 Å². The van der Waals surface area contributed by atoms with E-state index in [9.17, 15) is 0 Å². The third-order valence-electron chi connectivity index (χ3n) is 3.81. The maximum absolute atomic E-state index is 4.75. The van der Waals surface area contributed by atoms with Gasteiger partial charge in [0.25, 0.3) is 5.78 Å². The summed E-state index contributed by atoms with van der Waals surface area (Å²) < 4.78 is 1.99. The zero-order chi connectivity index (χ0) is 17.2. The van der Waals surface area contributed by atoms with Gasteiger partial charge in [-0.3, -0.25) is 4.40 Å². The van der Waals surface area contributed by atoms with Gasteiger partial charge in [0.2, 0.25) is 0 Å². The Labute approximate surface area is 154 Å². The van der Waals surface area contributed by atoms with E-state index < -0.39 is 0 Å². The highest BCUT2D eigenvalue weighted by Crippen LogP contribution is 2.24. The van der Waals surface area contributed by atoms with Gasteiger partial charge in [-0.1, -0.05) is 42.1 Å². The second kappa shape index (κ2) is 6.93. The quantitative estimate of drug-likeness (QED) is 0.498. The number of thioether (sulfide) groups is 1. The molecule has 25 heavy (non-hydrogen) atoms. The topological polar surface area (TPSA) is 56.0 Å². The SMILES string of the molecule is Cc1cc(C)n2c(SCc3csc(Cc4ccccc4)n3)nnc2n1. The predicted molar refractivity (Wildman–Crippen MR) is 101 cm³/mol. The molecule has 0 saturated carbocycles. The lowest BCUT2D eigenvalue weighted by molar-refractivity contribution is 0.885. The van der Waals surface area contributed by atoms with Crippen molar-refractivity contribution in [2.24, 2.45) is 0 Å². The first kappa shape index (κ1) is 16.2. The molecule has 7 heteroatoms. The second-order valence-corrected chi connectivity index (χ2v) is 7.73. The summed E-state index contributed by atoms with van der Waals surface area (Å²) in [6, 6.07) is 12.5. The molecule has 0 fully saturated rings. The minimum absolute atomic E-state index is 0.656. The molecule has 4 rings (SSSR count). The van der Waals surface area contributed by atoms with Crippen LogP contribution in [0, 0.1) is 13.8 Å². The molecule has 0 aliphatic heterocycles. The summed E-state index contributed by atoms with van der Waals surface area (Å²) in [5.41, 5.74) is 4.42. The largest absolute Gasteiger partial charge is 0.259 e. The van der Waals surface area contributed by atoms with Gasteiger partial charge in [-0.2, -0.15) is 0 Å². The molecule has 0 atom stereocenters. The van der Waals surface area contributed by atoms with Crippen LogP contribution in [0.25, 0.3) is 5.78 Å². The van der Waals surface area contributed by atoms with Crippen LogP contribution in [0.2, 0.25) is 0 Å². The van der Waals surface area contributed by atoms with Crippen molar-refractivity contribution in [2.45, 2.75) is 31.2 Å². The van der Waals surface area contributed by atoms with Gasteiger partial charge in [-0.15, -0.1) is 21.5 Å². The Morgan fingerprint density at radius 2 is 1.92 bits per heavy atom. The summed E-state index contributed by atoms with van der Waals surface area (Å²) >= 11 is 3.35. The first-order chi connectivity index (χ1) is 12.2. The fourth-order valence-electron chi connectivity index (χ4n) is 2.70. The van der Waals surface area contributed by atoms with E-state index in [4.69, 9.17) is 4.98 Å². The van der Waals surface area contributed by atoms with E-state index in [1.54, 1.807) is 23.1 Å².